The number of fused-ring (bicyclic) bond motifs is 7. The molecule has 0 N–H and O–H groups in total. The number of carbonyl (C=O) groups excluding carboxylic acids is 4. The van der Waals surface area contributed by atoms with E-state index >= 15 is 0 Å². The number of nitrogens with zero attached hydrogens (tertiary/aromatic N) is 2. The maximum Gasteiger partial charge on any atom is 0.307 e. The smallest absolute Gasteiger partial charge is 0.307 e. The van der Waals surface area contributed by atoms with Crippen LogP contribution in [-0.4, -0.2) is 80.0 Å². The Bertz CT molecular complexity index is 1620. The largest absolute Gasteiger partial charge is 0.462 e. The van der Waals surface area contributed by atoms with Crippen molar-refractivity contribution in [2.75, 3.05) is 40.3 Å². The summed E-state index contributed by atoms with van der Waals surface area (Å²) in [7, 11) is 4.33. The van der Waals surface area contributed by atoms with Crippen molar-refractivity contribution in [3.63, 3.8) is 0 Å². The zero-order valence-electron chi connectivity index (χ0n) is 42.8. The Morgan fingerprint density at radius 3 is 2.03 bits per heavy atom. The third kappa shape index (κ3) is 11.1. The van der Waals surface area contributed by atoms with E-state index in [2.05, 4.69) is 86.2 Å². The number of aldehydes is 1. The Labute approximate surface area is 380 Å². The van der Waals surface area contributed by atoms with Crippen molar-refractivity contribution in [1.82, 2.24) is 9.80 Å². The number of ketones is 2. The lowest BCUT2D eigenvalue weighted by atomic mass is 9.38. The number of esters is 1. The van der Waals surface area contributed by atoms with Gasteiger partial charge >= 0.3 is 5.97 Å². The first-order chi connectivity index (χ1) is 29.2. The van der Waals surface area contributed by atoms with Gasteiger partial charge in [-0.15, -0.1) is 0 Å². The number of allylic oxidation sites excluding steroid dienone is 4. The van der Waals surface area contributed by atoms with Gasteiger partial charge < -0.3 is 19.3 Å². The van der Waals surface area contributed by atoms with Crippen LogP contribution in [0.15, 0.2) is 22.3 Å². The summed E-state index contributed by atoms with van der Waals surface area (Å²) in [6.07, 6.45) is 17.5. The minimum absolute atomic E-state index is 0.0534. The molecular formula is C55H94N2O5. The number of rotatable bonds is 16. The van der Waals surface area contributed by atoms with Gasteiger partial charge in [-0.05, 0) is 168 Å². The second kappa shape index (κ2) is 21.9. The van der Waals surface area contributed by atoms with Crippen molar-refractivity contribution in [1.29, 1.82) is 0 Å². The molecule has 0 saturated heterocycles. The minimum atomic E-state index is -0.678. The summed E-state index contributed by atoms with van der Waals surface area (Å²) in [5.41, 5.74) is 5.30. The normalized spacial score (nSPS) is 33.1. The summed E-state index contributed by atoms with van der Waals surface area (Å²) in [5.74, 6) is 4.08. The van der Waals surface area contributed by atoms with Crippen LogP contribution >= 0.6 is 0 Å². The lowest BCUT2D eigenvalue weighted by Gasteiger charge is -2.67. The van der Waals surface area contributed by atoms with Crippen molar-refractivity contribution in [2.24, 2.45) is 63.1 Å². The van der Waals surface area contributed by atoms with Crippen molar-refractivity contribution in [2.45, 2.75) is 199 Å². The van der Waals surface area contributed by atoms with Crippen LogP contribution < -0.4 is 0 Å². The van der Waals surface area contributed by atoms with E-state index in [1.54, 1.807) is 5.57 Å². The Balaban J connectivity index is 0.000000516. The standard InChI is InChI=1S/C42H70N2O4.C11H18O.C2H6/c1-11-21-44(24-23-43(9)10)22-20-42-19-15-32-30(38(42)37(28(2)3)33(46)25-42)12-13-35-40(7)18-16-34(48-36(47)26-39(5,6)27-45)29(4)31(40)14-17-41(32,35)8;1-4-5-9-6-7-10(12)11(9)8(2)3;1-2/h27-32,34-35H,11-26H2,1-10H3;8H,4-7H2,1-3H3;1-2H3. The maximum atomic E-state index is 14.0. The van der Waals surface area contributed by atoms with Gasteiger partial charge in [0.1, 0.15) is 12.4 Å². The van der Waals surface area contributed by atoms with E-state index in [0.29, 0.717) is 53.0 Å². The SMILES string of the molecule is CC.CCCC1=C(C(C)C)C(=O)CC1.CCCN(CCN(C)C)CCC12CCC3C(CCC4C3(C)CCC3C(C)C(OC(=O)CC(C)(C)C=O)CCC34C)C1=C(C(C)C)C(=O)C2. The Hall–Kier alpha value is -2.12. The van der Waals surface area contributed by atoms with Gasteiger partial charge in [0.2, 0.25) is 0 Å². The van der Waals surface area contributed by atoms with E-state index in [1.165, 1.54) is 62.5 Å². The van der Waals surface area contributed by atoms with Crippen molar-refractivity contribution in [3.8, 4) is 0 Å². The first kappa shape index (κ1) is 52.5. The molecule has 0 aromatic carbocycles. The van der Waals surface area contributed by atoms with Crippen LogP contribution in [0.25, 0.3) is 0 Å². The summed E-state index contributed by atoms with van der Waals surface area (Å²) in [4.78, 5) is 54.7. The number of hydrogen-bond acceptors (Lipinski definition) is 7. The Kier molecular flexibility index (Phi) is 18.6. The molecule has 7 heteroatoms. The van der Waals surface area contributed by atoms with Gasteiger partial charge in [0.25, 0.3) is 0 Å². The zero-order chi connectivity index (χ0) is 46.4. The summed E-state index contributed by atoms with van der Waals surface area (Å²) in [6, 6.07) is 0. The highest BCUT2D eigenvalue weighted by atomic mass is 16.5. The average Bonchev–Trinajstić information content (AvgIpc) is 3.73. The molecule has 9 atom stereocenters. The van der Waals surface area contributed by atoms with Gasteiger partial charge in [-0.1, -0.05) is 108 Å². The summed E-state index contributed by atoms with van der Waals surface area (Å²) in [6.45, 7) is 32.8. The van der Waals surface area contributed by atoms with E-state index in [4.69, 9.17) is 4.74 Å². The molecule has 354 valence electrons. The summed E-state index contributed by atoms with van der Waals surface area (Å²) < 4.78 is 6.13. The molecule has 0 bridgehead atoms. The first-order valence-electron chi connectivity index (χ1n) is 25.7. The van der Waals surface area contributed by atoms with Crippen molar-refractivity contribution >= 4 is 23.8 Å². The highest BCUT2D eigenvalue weighted by Gasteiger charge is 2.65. The summed E-state index contributed by atoms with van der Waals surface area (Å²) >= 11 is 0. The number of Topliss-reactive ketones (excluding diaryl/α,β-unsaturated/α-hetero) is 2. The van der Waals surface area contributed by atoms with Crippen LogP contribution in [0.5, 0.6) is 0 Å². The molecule has 0 spiro atoms. The molecule has 0 aromatic heterocycles. The molecular weight excluding hydrogens is 769 g/mol. The van der Waals surface area contributed by atoms with Crippen LogP contribution in [0.1, 0.15) is 193 Å². The van der Waals surface area contributed by atoms with Gasteiger partial charge in [0.05, 0.1) is 6.42 Å². The molecule has 0 heterocycles. The van der Waals surface area contributed by atoms with Gasteiger partial charge in [-0.2, -0.15) is 0 Å². The second-order valence-corrected chi connectivity index (χ2v) is 22.9. The van der Waals surface area contributed by atoms with Crippen LogP contribution in [-0.2, 0) is 23.9 Å². The fourth-order valence-corrected chi connectivity index (χ4v) is 14.5. The van der Waals surface area contributed by atoms with Gasteiger partial charge in [0.15, 0.2) is 11.6 Å². The fraction of sp³-hybridized carbons (Fsp3) is 0.855. The van der Waals surface area contributed by atoms with Crippen LogP contribution in [0.2, 0.25) is 0 Å². The van der Waals surface area contributed by atoms with E-state index in [0.717, 1.165) is 83.0 Å². The van der Waals surface area contributed by atoms with E-state index < -0.39 is 5.41 Å². The third-order valence-electron chi connectivity index (χ3n) is 17.2. The van der Waals surface area contributed by atoms with Crippen LogP contribution in [0.3, 0.4) is 0 Å². The zero-order valence-corrected chi connectivity index (χ0v) is 42.8. The van der Waals surface area contributed by atoms with Gasteiger partial charge in [-0.3, -0.25) is 14.4 Å². The maximum absolute atomic E-state index is 14.0. The number of ether oxygens (including phenoxy) is 1. The molecule has 9 unspecified atom stereocenters. The molecule has 7 nitrogen and oxygen atoms in total. The lowest BCUT2D eigenvalue weighted by Crippen LogP contribution is -2.60. The first-order valence-corrected chi connectivity index (χ1v) is 25.7. The molecule has 6 aliphatic rings. The molecule has 62 heavy (non-hydrogen) atoms. The monoisotopic (exact) mass is 863 g/mol. The molecule has 4 saturated carbocycles. The van der Waals surface area contributed by atoms with Crippen LogP contribution in [0.4, 0.5) is 0 Å². The van der Waals surface area contributed by atoms with Gasteiger partial charge in [-0.25, -0.2) is 0 Å². The van der Waals surface area contributed by atoms with E-state index in [9.17, 15) is 19.2 Å². The summed E-state index contributed by atoms with van der Waals surface area (Å²) in [5, 5.41) is 0. The number of likely N-dealkylation sites (N-methyl/N-ethyl adjacent to an activating group) is 1. The highest BCUT2D eigenvalue weighted by molar-refractivity contribution is 6.00. The van der Waals surface area contributed by atoms with E-state index in [-0.39, 0.29) is 34.7 Å². The fourth-order valence-electron chi connectivity index (χ4n) is 14.5. The predicted octanol–water partition coefficient (Wildman–Crippen LogP) is 12.5. The molecule has 0 aliphatic heterocycles. The van der Waals surface area contributed by atoms with Crippen molar-refractivity contribution < 1.29 is 23.9 Å². The molecule has 6 rings (SSSR count). The average molecular weight is 863 g/mol. The number of carbonyl (C=O) groups is 4. The minimum Gasteiger partial charge on any atom is -0.462 e. The predicted molar refractivity (Wildman–Crippen MR) is 257 cm³/mol. The van der Waals surface area contributed by atoms with Crippen molar-refractivity contribution in [3.05, 3.63) is 22.3 Å². The second-order valence-electron chi connectivity index (χ2n) is 22.9. The lowest BCUT2D eigenvalue weighted by molar-refractivity contribution is -0.191. The molecule has 0 radical (unpaired) electrons. The Morgan fingerprint density at radius 1 is 0.806 bits per heavy atom. The topological polar surface area (TPSA) is 84.0 Å². The number of hydrogen-bond donors (Lipinski definition) is 0. The molecule has 0 amide bonds. The quantitative estimate of drug-likeness (QED) is 0.113. The molecule has 0 aromatic rings. The Morgan fingerprint density at radius 2 is 1.44 bits per heavy atom. The molecule has 4 fully saturated rings. The molecule has 6 aliphatic carbocycles. The highest BCUT2D eigenvalue weighted by Crippen LogP contribution is 2.72. The van der Waals surface area contributed by atoms with Crippen LogP contribution in [0, 0.1) is 63.1 Å². The van der Waals surface area contributed by atoms with E-state index in [1.807, 2.05) is 27.7 Å². The van der Waals surface area contributed by atoms with Gasteiger partial charge in [0, 0.05) is 36.8 Å². The third-order valence-corrected chi connectivity index (χ3v) is 17.2.